The molecule has 8 heteroatoms. The van der Waals surface area contributed by atoms with Gasteiger partial charge in [-0.25, -0.2) is 9.59 Å². The highest BCUT2D eigenvalue weighted by atomic mass is 16.5. The van der Waals surface area contributed by atoms with Crippen molar-refractivity contribution in [2.24, 2.45) is 0 Å². The minimum Gasteiger partial charge on any atom is -0.494 e. The largest absolute Gasteiger partial charge is 0.494 e. The Bertz CT molecular complexity index is 4020. The van der Waals surface area contributed by atoms with E-state index in [1.54, 1.807) is 12.2 Å². The van der Waals surface area contributed by atoms with Gasteiger partial charge >= 0.3 is 11.9 Å². The number of hydrogen-bond acceptors (Lipinski definition) is 8. The topological polar surface area (TPSA) is 97.4 Å². The third-order valence-corrected chi connectivity index (χ3v) is 15.6. The molecule has 448 valence electrons. The lowest BCUT2D eigenvalue weighted by molar-refractivity contribution is -0.129. The molecule has 0 spiro atoms. The minimum absolute atomic E-state index is 0.0776. The second kappa shape index (κ2) is 32.8. The summed E-state index contributed by atoms with van der Waals surface area (Å²) in [5.74, 6) is 2.38. The Morgan fingerprint density at radius 2 is 0.716 bits per heavy atom. The average Bonchev–Trinajstić information content (AvgIpc) is 0.866. The summed E-state index contributed by atoms with van der Waals surface area (Å²) in [5, 5.41) is 8.19. The third kappa shape index (κ3) is 17.1. The van der Waals surface area contributed by atoms with E-state index in [2.05, 4.69) is 57.7 Å². The summed E-state index contributed by atoms with van der Waals surface area (Å²) in [6, 6.07) is 63.8. The summed E-state index contributed by atoms with van der Waals surface area (Å²) in [7, 11) is 0. The van der Waals surface area contributed by atoms with Crippen molar-refractivity contribution in [3.63, 3.8) is 0 Å². The maximum absolute atomic E-state index is 13.3. The van der Waals surface area contributed by atoms with Crippen LogP contribution in [0.5, 0.6) is 28.7 Å². The standard InChI is InChI=1S/C41H44O4.C39H36O4/c1-3-5-7-13-29-43-34-24-19-31(20-25-34)21-28-39(42)45-38-27-23-33-16-10-12-18-36(33)41(38)40-35-17-11-9-15-32(35)22-26-37(40)44-30-14-8-6-4-2;1-3-5-6-11-26-42-33-22-16-28(17-23-33)18-25-37(41)43-36-24-21-30-13-8-10-15-35(30)39(36)38-31(27-32(40)4-2)20-19-29-12-7-9-14-34(29)38/h9-12,15-28H,3-8,13-14,29-30H2,1-2H3;4,7-10,12-25H,2-3,5-6,11,26-27H2,1H3/b28-21-;25-18+. The van der Waals surface area contributed by atoms with Gasteiger partial charge in [-0.1, -0.05) is 237 Å². The lowest BCUT2D eigenvalue weighted by Gasteiger charge is -2.19. The monoisotopic (exact) mass is 1170 g/mol. The van der Waals surface area contributed by atoms with E-state index < -0.39 is 11.9 Å². The number of benzene rings is 10. The number of esters is 2. The van der Waals surface area contributed by atoms with Crippen LogP contribution in [0.15, 0.2) is 219 Å². The van der Waals surface area contributed by atoms with E-state index in [4.69, 9.17) is 23.7 Å². The number of fused-ring (bicyclic) bond motifs is 4. The van der Waals surface area contributed by atoms with E-state index in [0.717, 1.165) is 132 Å². The lowest BCUT2D eigenvalue weighted by atomic mass is 9.88. The Hall–Kier alpha value is -9.53. The second-order valence-corrected chi connectivity index (χ2v) is 22.0. The number of ether oxygens (including phenoxy) is 5. The maximum Gasteiger partial charge on any atom is 0.336 e. The van der Waals surface area contributed by atoms with Crippen LogP contribution in [-0.4, -0.2) is 37.5 Å². The zero-order chi connectivity index (χ0) is 61.3. The number of rotatable bonds is 29. The first-order valence-electron chi connectivity index (χ1n) is 31.3. The fraction of sp³-hybridized carbons (Fsp3) is 0.237. The molecule has 0 aliphatic rings. The van der Waals surface area contributed by atoms with Crippen molar-refractivity contribution in [3.05, 3.63) is 236 Å². The number of allylic oxidation sites excluding steroid dienone is 1. The molecule has 0 atom stereocenters. The Morgan fingerprint density at radius 1 is 0.364 bits per heavy atom. The number of carbonyl (C=O) groups excluding carboxylic acids is 3. The van der Waals surface area contributed by atoms with Crippen molar-refractivity contribution < 1.29 is 38.1 Å². The van der Waals surface area contributed by atoms with Crippen molar-refractivity contribution in [1.82, 2.24) is 0 Å². The predicted octanol–water partition coefficient (Wildman–Crippen LogP) is 20.7. The van der Waals surface area contributed by atoms with E-state index in [-0.39, 0.29) is 12.2 Å². The summed E-state index contributed by atoms with van der Waals surface area (Å²) in [6.07, 6.45) is 21.8. The zero-order valence-electron chi connectivity index (χ0n) is 51.1. The highest BCUT2D eigenvalue weighted by Gasteiger charge is 2.22. The first-order valence-corrected chi connectivity index (χ1v) is 31.3. The highest BCUT2D eigenvalue weighted by molar-refractivity contribution is 6.12. The van der Waals surface area contributed by atoms with Crippen LogP contribution in [0.4, 0.5) is 0 Å². The van der Waals surface area contributed by atoms with Crippen LogP contribution < -0.4 is 23.7 Å². The molecule has 0 saturated carbocycles. The molecule has 0 saturated heterocycles. The Labute approximate surface area is 519 Å². The van der Waals surface area contributed by atoms with Crippen LogP contribution in [-0.2, 0) is 20.8 Å². The Morgan fingerprint density at radius 3 is 1.12 bits per heavy atom. The average molecular weight is 1170 g/mol. The van der Waals surface area contributed by atoms with Crippen molar-refractivity contribution >= 4 is 73.0 Å². The molecule has 0 bridgehead atoms. The molecule has 0 radical (unpaired) electrons. The third-order valence-electron chi connectivity index (χ3n) is 15.6. The SMILES string of the molecule is C=CC(=O)Cc1ccc2ccccc2c1-c1c(OC(=O)/C=C/c2ccc(OCCCCCC)cc2)ccc2ccccc12.CCCCCCOc1ccc(/C=C\C(=O)Oc2ccc3ccccc3c2-c2c(OCCCCCC)ccc3ccccc23)cc1. The van der Waals surface area contributed by atoms with Crippen molar-refractivity contribution in [3.8, 4) is 51.0 Å². The fourth-order valence-electron chi connectivity index (χ4n) is 11.0. The van der Waals surface area contributed by atoms with Gasteiger partial charge in [0.15, 0.2) is 5.78 Å². The molecule has 0 fully saturated rings. The van der Waals surface area contributed by atoms with Crippen molar-refractivity contribution in [1.29, 1.82) is 0 Å². The van der Waals surface area contributed by atoms with E-state index in [1.807, 2.05) is 164 Å². The van der Waals surface area contributed by atoms with Gasteiger partial charge in [0.1, 0.15) is 28.7 Å². The first-order chi connectivity index (χ1) is 43.2. The molecule has 10 aromatic rings. The lowest BCUT2D eigenvalue weighted by Crippen LogP contribution is -2.07. The smallest absolute Gasteiger partial charge is 0.336 e. The van der Waals surface area contributed by atoms with Crippen LogP contribution in [0.2, 0.25) is 0 Å². The number of ketones is 1. The second-order valence-electron chi connectivity index (χ2n) is 22.0. The molecule has 0 heterocycles. The van der Waals surface area contributed by atoms with Gasteiger partial charge in [0, 0.05) is 35.3 Å². The quantitative estimate of drug-likeness (QED) is 0.0198. The zero-order valence-corrected chi connectivity index (χ0v) is 51.1. The van der Waals surface area contributed by atoms with Gasteiger partial charge in [0.05, 0.1) is 19.8 Å². The molecule has 0 aromatic heterocycles. The predicted molar refractivity (Wildman–Crippen MR) is 364 cm³/mol. The first kappa shape index (κ1) is 63.0. The maximum atomic E-state index is 13.3. The summed E-state index contributed by atoms with van der Waals surface area (Å²) in [5.41, 5.74) is 6.07. The van der Waals surface area contributed by atoms with Crippen LogP contribution in [0, 0.1) is 0 Å². The number of carbonyl (C=O) groups is 3. The van der Waals surface area contributed by atoms with Gasteiger partial charge in [-0.2, -0.15) is 0 Å². The summed E-state index contributed by atoms with van der Waals surface area (Å²) in [4.78, 5) is 39.0. The summed E-state index contributed by atoms with van der Waals surface area (Å²) >= 11 is 0. The van der Waals surface area contributed by atoms with Crippen LogP contribution >= 0.6 is 0 Å². The number of unbranched alkanes of at least 4 members (excludes halogenated alkanes) is 9. The molecular weight excluding hydrogens is 1090 g/mol. The molecule has 0 aliphatic heterocycles. The van der Waals surface area contributed by atoms with Gasteiger partial charge in [-0.05, 0) is 145 Å². The molecule has 0 aliphatic carbocycles. The van der Waals surface area contributed by atoms with Crippen molar-refractivity contribution in [2.75, 3.05) is 19.8 Å². The van der Waals surface area contributed by atoms with Gasteiger partial charge in [0.25, 0.3) is 0 Å². The number of hydrogen-bond donors (Lipinski definition) is 0. The Balaban J connectivity index is 0.000000210. The molecule has 0 unspecified atom stereocenters. The fourth-order valence-corrected chi connectivity index (χ4v) is 11.0. The Kier molecular flexibility index (Phi) is 23.5. The molecule has 8 nitrogen and oxygen atoms in total. The molecule has 10 rings (SSSR count). The van der Waals surface area contributed by atoms with Gasteiger partial charge in [0.2, 0.25) is 0 Å². The minimum atomic E-state index is -0.489. The molecule has 88 heavy (non-hydrogen) atoms. The normalized spacial score (nSPS) is 11.3. The van der Waals surface area contributed by atoms with Gasteiger partial charge in [-0.15, -0.1) is 0 Å². The molecule has 0 amide bonds. The van der Waals surface area contributed by atoms with E-state index in [0.29, 0.717) is 24.7 Å². The summed E-state index contributed by atoms with van der Waals surface area (Å²) in [6.45, 7) is 12.3. The molecule has 10 aromatic carbocycles. The van der Waals surface area contributed by atoms with Gasteiger partial charge in [-0.3, -0.25) is 4.79 Å². The molecular formula is C80H80O8. The van der Waals surface area contributed by atoms with Crippen LogP contribution in [0.1, 0.15) is 115 Å². The van der Waals surface area contributed by atoms with Crippen LogP contribution in [0.25, 0.3) is 77.5 Å². The highest BCUT2D eigenvalue weighted by Crippen LogP contribution is 2.46. The van der Waals surface area contributed by atoms with E-state index in [9.17, 15) is 14.4 Å². The van der Waals surface area contributed by atoms with Gasteiger partial charge < -0.3 is 23.7 Å². The van der Waals surface area contributed by atoms with E-state index in [1.165, 1.54) is 69.6 Å². The molecule has 0 N–H and O–H groups in total. The van der Waals surface area contributed by atoms with Crippen molar-refractivity contribution in [2.45, 2.75) is 104 Å². The van der Waals surface area contributed by atoms with E-state index >= 15 is 0 Å². The summed E-state index contributed by atoms with van der Waals surface area (Å²) < 4.78 is 30.2. The van der Waals surface area contributed by atoms with Crippen LogP contribution in [0.3, 0.4) is 0 Å².